The summed E-state index contributed by atoms with van der Waals surface area (Å²) in [6.45, 7) is 4.08. The monoisotopic (exact) mass is 478 g/mol. The Morgan fingerprint density at radius 2 is 1.76 bits per heavy atom. The third kappa shape index (κ3) is 6.39. The quantitative estimate of drug-likeness (QED) is 0.436. The molecule has 3 rings (SSSR count). The molecule has 0 amide bonds. The summed E-state index contributed by atoms with van der Waals surface area (Å²) in [7, 11) is -3.57. The van der Waals surface area contributed by atoms with E-state index >= 15 is 0 Å². The van der Waals surface area contributed by atoms with Crippen molar-refractivity contribution in [1.82, 2.24) is 4.98 Å². The number of benzene rings is 2. The van der Waals surface area contributed by atoms with Gasteiger partial charge in [-0.2, -0.15) is 0 Å². The van der Waals surface area contributed by atoms with Gasteiger partial charge < -0.3 is 14.5 Å². The van der Waals surface area contributed by atoms with Crippen LogP contribution in [-0.2, 0) is 21.4 Å². The predicted octanol–water partition coefficient (Wildman–Crippen LogP) is 4.80. The van der Waals surface area contributed by atoms with E-state index in [4.69, 9.17) is 9.47 Å². The number of pyridine rings is 1. The molecule has 33 heavy (non-hydrogen) atoms. The SMILES string of the molecule is CCCS(=O)(=O)Nc1ccc(Oc2ccc(F)cc2F)c(-c2c[nH]c(=O)cc2COCC)c1. The van der Waals surface area contributed by atoms with Gasteiger partial charge >= 0.3 is 0 Å². The molecule has 0 saturated heterocycles. The standard InChI is InChI=1S/C23H24F2N2O5S/c1-3-9-33(29,30)27-17-6-8-21(32-22-7-5-16(24)11-20(22)25)18(12-17)19-13-26-23(28)10-15(19)14-31-4-2/h5-8,10-13,27H,3-4,9,14H2,1-2H3,(H,26,28). The number of hydrogen-bond donors (Lipinski definition) is 2. The number of ether oxygens (including phenoxy) is 2. The molecule has 0 aliphatic carbocycles. The van der Waals surface area contributed by atoms with Gasteiger partial charge in [0.1, 0.15) is 11.6 Å². The van der Waals surface area contributed by atoms with Gasteiger partial charge in [-0.25, -0.2) is 17.2 Å². The molecule has 1 heterocycles. The van der Waals surface area contributed by atoms with Gasteiger partial charge in [0.2, 0.25) is 15.6 Å². The molecule has 0 fully saturated rings. The zero-order valence-electron chi connectivity index (χ0n) is 18.2. The Hall–Kier alpha value is -3.24. The van der Waals surface area contributed by atoms with Crippen LogP contribution in [0.25, 0.3) is 11.1 Å². The van der Waals surface area contributed by atoms with Crippen molar-refractivity contribution in [3.05, 3.63) is 76.2 Å². The van der Waals surface area contributed by atoms with Gasteiger partial charge in [-0.05, 0) is 49.2 Å². The minimum atomic E-state index is -3.57. The molecule has 0 aliphatic rings. The fraction of sp³-hybridized carbons (Fsp3) is 0.261. The van der Waals surface area contributed by atoms with Crippen LogP contribution in [0.1, 0.15) is 25.8 Å². The van der Waals surface area contributed by atoms with Crippen molar-refractivity contribution in [2.75, 3.05) is 17.1 Å². The first-order valence-electron chi connectivity index (χ1n) is 10.3. The Kier molecular flexibility index (Phi) is 7.83. The van der Waals surface area contributed by atoms with Crippen molar-refractivity contribution in [2.24, 2.45) is 0 Å². The van der Waals surface area contributed by atoms with Gasteiger partial charge in [-0.1, -0.05) is 6.92 Å². The van der Waals surface area contributed by atoms with E-state index in [9.17, 15) is 22.0 Å². The molecule has 2 N–H and O–H groups in total. The van der Waals surface area contributed by atoms with Crippen LogP contribution >= 0.6 is 0 Å². The minimum absolute atomic E-state index is 0.0599. The molecule has 0 aliphatic heterocycles. The molecule has 0 unspecified atom stereocenters. The molecule has 0 saturated carbocycles. The zero-order chi connectivity index (χ0) is 24.0. The summed E-state index contributed by atoms with van der Waals surface area (Å²) in [6, 6.07) is 8.74. The molecule has 176 valence electrons. The molecular formula is C23H24F2N2O5S. The topological polar surface area (TPSA) is 97.5 Å². The summed E-state index contributed by atoms with van der Waals surface area (Å²) < 4.78 is 65.7. The highest BCUT2D eigenvalue weighted by atomic mass is 32.2. The van der Waals surface area contributed by atoms with Crippen LogP contribution in [0, 0.1) is 11.6 Å². The number of aromatic nitrogens is 1. The third-order valence-corrected chi connectivity index (χ3v) is 6.09. The van der Waals surface area contributed by atoms with Gasteiger partial charge in [-0.15, -0.1) is 0 Å². The summed E-state index contributed by atoms with van der Waals surface area (Å²) in [6.07, 6.45) is 1.88. The van der Waals surface area contributed by atoms with E-state index in [1.165, 1.54) is 30.5 Å². The van der Waals surface area contributed by atoms with Crippen molar-refractivity contribution in [3.8, 4) is 22.6 Å². The van der Waals surface area contributed by atoms with Gasteiger partial charge in [0.05, 0.1) is 12.4 Å². The van der Waals surface area contributed by atoms with Crippen molar-refractivity contribution in [1.29, 1.82) is 0 Å². The average molecular weight is 479 g/mol. The highest BCUT2D eigenvalue weighted by Crippen LogP contribution is 2.38. The molecule has 0 atom stereocenters. The Bertz CT molecular complexity index is 1290. The molecule has 0 bridgehead atoms. The van der Waals surface area contributed by atoms with Crippen LogP contribution in [0.2, 0.25) is 0 Å². The first-order chi connectivity index (χ1) is 15.7. The summed E-state index contributed by atoms with van der Waals surface area (Å²) in [5, 5.41) is 0. The van der Waals surface area contributed by atoms with E-state index in [1.807, 2.05) is 6.92 Å². The molecule has 2 aromatic carbocycles. The second-order valence-electron chi connectivity index (χ2n) is 7.18. The number of rotatable bonds is 10. The number of sulfonamides is 1. The molecule has 1 aromatic heterocycles. The lowest BCUT2D eigenvalue weighted by Crippen LogP contribution is -2.16. The molecule has 0 spiro atoms. The summed E-state index contributed by atoms with van der Waals surface area (Å²) >= 11 is 0. The lowest BCUT2D eigenvalue weighted by atomic mass is 10.0. The van der Waals surface area contributed by atoms with E-state index in [0.29, 0.717) is 35.8 Å². The van der Waals surface area contributed by atoms with E-state index in [1.54, 1.807) is 6.92 Å². The van der Waals surface area contributed by atoms with Crippen molar-refractivity contribution < 1.29 is 26.7 Å². The van der Waals surface area contributed by atoms with Crippen molar-refractivity contribution in [3.63, 3.8) is 0 Å². The molecule has 10 heteroatoms. The molecule has 0 radical (unpaired) electrons. The van der Waals surface area contributed by atoms with Gasteiger partial charge in [0.25, 0.3) is 0 Å². The zero-order valence-corrected chi connectivity index (χ0v) is 19.0. The highest BCUT2D eigenvalue weighted by molar-refractivity contribution is 7.92. The Balaban J connectivity index is 2.13. The first-order valence-corrected chi connectivity index (χ1v) is 11.9. The predicted molar refractivity (Wildman–Crippen MR) is 122 cm³/mol. The summed E-state index contributed by atoms with van der Waals surface area (Å²) in [4.78, 5) is 14.5. The summed E-state index contributed by atoms with van der Waals surface area (Å²) in [5.74, 6) is -1.75. The van der Waals surface area contributed by atoms with Gasteiger partial charge in [0.15, 0.2) is 11.6 Å². The number of hydrogen-bond acceptors (Lipinski definition) is 5. The molecular weight excluding hydrogens is 454 g/mol. The van der Waals surface area contributed by atoms with Crippen LogP contribution < -0.4 is 15.0 Å². The number of aromatic amines is 1. The third-order valence-electron chi connectivity index (χ3n) is 4.60. The normalized spacial score (nSPS) is 11.4. The number of nitrogens with one attached hydrogen (secondary N) is 2. The van der Waals surface area contributed by atoms with Crippen molar-refractivity contribution >= 4 is 15.7 Å². The van der Waals surface area contributed by atoms with E-state index < -0.39 is 21.7 Å². The Labute approximate surface area is 190 Å². The lowest BCUT2D eigenvalue weighted by molar-refractivity contribution is 0.134. The molecule has 7 nitrogen and oxygen atoms in total. The fourth-order valence-electron chi connectivity index (χ4n) is 3.16. The van der Waals surface area contributed by atoms with Gasteiger partial charge in [-0.3, -0.25) is 9.52 Å². The van der Waals surface area contributed by atoms with Crippen LogP contribution in [0.4, 0.5) is 14.5 Å². The van der Waals surface area contributed by atoms with Crippen LogP contribution in [0.5, 0.6) is 11.5 Å². The highest BCUT2D eigenvalue weighted by Gasteiger charge is 2.17. The Morgan fingerprint density at radius 3 is 2.45 bits per heavy atom. The van der Waals surface area contributed by atoms with Crippen LogP contribution in [0.3, 0.4) is 0 Å². The minimum Gasteiger partial charge on any atom is -0.454 e. The summed E-state index contributed by atoms with van der Waals surface area (Å²) in [5.41, 5.74) is 1.32. The molecule has 3 aromatic rings. The van der Waals surface area contributed by atoms with Crippen molar-refractivity contribution in [2.45, 2.75) is 26.9 Å². The van der Waals surface area contributed by atoms with E-state index in [-0.39, 0.29) is 35.1 Å². The lowest BCUT2D eigenvalue weighted by Gasteiger charge is -2.17. The maximum absolute atomic E-state index is 14.2. The second kappa shape index (κ2) is 10.6. The van der Waals surface area contributed by atoms with E-state index in [2.05, 4.69) is 9.71 Å². The maximum Gasteiger partial charge on any atom is 0.248 e. The van der Waals surface area contributed by atoms with Crippen LogP contribution in [0.15, 0.2) is 53.5 Å². The average Bonchev–Trinajstić information content (AvgIpc) is 2.75. The number of halogens is 2. The first kappa shape index (κ1) is 24.4. The smallest absolute Gasteiger partial charge is 0.248 e. The second-order valence-corrected chi connectivity index (χ2v) is 9.02. The van der Waals surface area contributed by atoms with E-state index in [0.717, 1.165) is 12.1 Å². The number of H-pyrrole nitrogens is 1. The van der Waals surface area contributed by atoms with Gasteiger partial charge in [0, 0.05) is 41.8 Å². The largest absolute Gasteiger partial charge is 0.454 e. The number of anilines is 1. The van der Waals surface area contributed by atoms with Crippen LogP contribution in [-0.4, -0.2) is 25.8 Å². The maximum atomic E-state index is 14.2. The Morgan fingerprint density at radius 1 is 1.00 bits per heavy atom. The fourth-order valence-corrected chi connectivity index (χ4v) is 4.29.